The second-order valence-electron chi connectivity index (χ2n) is 4.33. The number of nitrogens with zero attached hydrogens (tertiary/aromatic N) is 1. The first-order chi connectivity index (χ1) is 10.2. The lowest BCUT2D eigenvalue weighted by Crippen LogP contribution is -2.13. The molecule has 0 aliphatic carbocycles. The summed E-state index contributed by atoms with van der Waals surface area (Å²) in [7, 11) is 0. The van der Waals surface area contributed by atoms with E-state index >= 15 is 0 Å². The Hall–Kier alpha value is -1.56. The van der Waals surface area contributed by atoms with Gasteiger partial charge in [-0.2, -0.15) is 0 Å². The third-order valence-electron chi connectivity index (χ3n) is 2.80. The van der Waals surface area contributed by atoms with Crippen molar-refractivity contribution in [2.75, 3.05) is 11.1 Å². The van der Waals surface area contributed by atoms with E-state index in [1.165, 1.54) is 11.8 Å². The molecule has 1 amide bonds. The molecule has 6 heteroatoms. The van der Waals surface area contributed by atoms with Crippen LogP contribution in [0, 0.1) is 0 Å². The van der Waals surface area contributed by atoms with E-state index in [9.17, 15) is 4.79 Å². The quantitative estimate of drug-likeness (QED) is 0.704. The van der Waals surface area contributed by atoms with Crippen molar-refractivity contribution >= 4 is 56.5 Å². The van der Waals surface area contributed by atoms with Crippen molar-refractivity contribution < 1.29 is 4.79 Å². The molecule has 0 bridgehead atoms. The smallest absolute Gasteiger partial charge is 0.234 e. The van der Waals surface area contributed by atoms with Crippen molar-refractivity contribution in [1.82, 2.24) is 4.98 Å². The van der Waals surface area contributed by atoms with E-state index in [1.54, 1.807) is 16.8 Å². The minimum absolute atomic E-state index is 0.0289. The normalized spacial score (nSPS) is 10.7. The molecule has 0 spiro atoms. The van der Waals surface area contributed by atoms with Gasteiger partial charge in [-0.25, -0.2) is 4.98 Å². The van der Waals surface area contributed by atoms with E-state index < -0.39 is 0 Å². The number of carbonyl (C=O) groups is 1. The van der Waals surface area contributed by atoms with Crippen molar-refractivity contribution in [3.63, 3.8) is 0 Å². The van der Waals surface area contributed by atoms with Crippen molar-refractivity contribution in [2.24, 2.45) is 0 Å². The molecule has 3 rings (SSSR count). The maximum Gasteiger partial charge on any atom is 0.234 e. The fourth-order valence-electron chi connectivity index (χ4n) is 1.81. The zero-order valence-electron chi connectivity index (χ0n) is 10.9. The molecule has 3 nitrogen and oxygen atoms in total. The number of hydrogen-bond acceptors (Lipinski definition) is 4. The number of nitrogens with one attached hydrogen (secondary N) is 1. The third-order valence-corrected chi connectivity index (χ3v) is 4.85. The Labute approximate surface area is 135 Å². The van der Waals surface area contributed by atoms with Crippen LogP contribution < -0.4 is 5.32 Å². The number of carbonyl (C=O) groups excluding carboxylic acids is 1. The SMILES string of the molecule is O=C(CSc1ccc(Cl)cc1)Nc1ccc2ncsc2c1. The number of amides is 1. The highest BCUT2D eigenvalue weighted by molar-refractivity contribution is 8.00. The van der Waals surface area contributed by atoms with E-state index in [0.29, 0.717) is 10.8 Å². The fourth-order valence-corrected chi connectivity index (χ4v) is 3.35. The highest BCUT2D eigenvalue weighted by Gasteiger charge is 2.05. The van der Waals surface area contributed by atoms with Crippen molar-refractivity contribution in [2.45, 2.75) is 4.90 Å². The van der Waals surface area contributed by atoms with Crippen LogP contribution in [0.4, 0.5) is 5.69 Å². The maximum absolute atomic E-state index is 12.0. The molecule has 0 fully saturated rings. The predicted octanol–water partition coefficient (Wildman–Crippen LogP) is 4.68. The summed E-state index contributed by atoms with van der Waals surface area (Å²) in [5.74, 6) is 0.335. The summed E-state index contributed by atoms with van der Waals surface area (Å²) in [6.07, 6.45) is 0. The molecule has 0 radical (unpaired) electrons. The Kier molecular flexibility index (Phi) is 4.43. The molecule has 0 aliphatic heterocycles. The van der Waals surface area contributed by atoms with Crippen LogP contribution in [0.3, 0.4) is 0 Å². The summed E-state index contributed by atoms with van der Waals surface area (Å²) in [6.45, 7) is 0. The number of hydrogen-bond donors (Lipinski definition) is 1. The number of rotatable bonds is 4. The summed E-state index contributed by atoms with van der Waals surface area (Å²) in [6, 6.07) is 13.2. The number of thiazole rings is 1. The molecular formula is C15H11ClN2OS2. The van der Waals surface area contributed by atoms with Gasteiger partial charge in [0.15, 0.2) is 0 Å². The summed E-state index contributed by atoms with van der Waals surface area (Å²) in [4.78, 5) is 17.2. The summed E-state index contributed by atoms with van der Waals surface area (Å²) >= 11 is 8.87. The van der Waals surface area contributed by atoms with Crippen molar-refractivity contribution in [3.05, 3.63) is 53.0 Å². The highest BCUT2D eigenvalue weighted by atomic mass is 35.5. The van der Waals surface area contributed by atoms with Crippen LogP contribution in [-0.4, -0.2) is 16.6 Å². The average molecular weight is 335 g/mol. The Bertz CT molecular complexity index is 771. The van der Waals surface area contributed by atoms with Gasteiger partial charge in [-0.05, 0) is 42.5 Å². The molecule has 21 heavy (non-hydrogen) atoms. The lowest BCUT2D eigenvalue weighted by Gasteiger charge is -2.05. The van der Waals surface area contributed by atoms with Crippen LogP contribution in [0.1, 0.15) is 0 Å². The molecule has 1 N–H and O–H groups in total. The van der Waals surface area contributed by atoms with Crippen LogP contribution in [0.2, 0.25) is 5.02 Å². The lowest BCUT2D eigenvalue weighted by molar-refractivity contribution is -0.113. The molecular weight excluding hydrogens is 324 g/mol. The van der Waals surface area contributed by atoms with Gasteiger partial charge >= 0.3 is 0 Å². The third kappa shape index (κ3) is 3.75. The number of aromatic nitrogens is 1. The van der Waals surface area contributed by atoms with Gasteiger partial charge in [-0.15, -0.1) is 23.1 Å². The van der Waals surface area contributed by atoms with E-state index in [0.717, 1.165) is 20.8 Å². The van der Waals surface area contributed by atoms with E-state index in [-0.39, 0.29) is 5.91 Å². The number of anilines is 1. The van der Waals surface area contributed by atoms with Gasteiger partial charge < -0.3 is 5.32 Å². The predicted molar refractivity (Wildman–Crippen MR) is 90.4 cm³/mol. The van der Waals surface area contributed by atoms with Gasteiger partial charge in [0, 0.05) is 15.6 Å². The Morgan fingerprint density at radius 3 is 2.86 bits per heavy atom. The highest BCUT2D eigenvalue weighted by Crippen LogP contribution is 2.23. The second kappa shape index (κ2) is 6.47. The summed E-state index contributed by atoms with van der Waals surface area (Å²) in [5, 5.41) is 3.59. The zero-order chi connectivity index (χ0) is 14.7. The molecule has 2 aromatic carbocycles. The van der Waals surface area contributed by atoms with Crippen molar-refractivity contribution in [1.29, 1.82) is 0 Å². The second-order valence-corrected chi connectivity index (χ2v) is 6.70. The van der Waals surface area contributed by atoms with Crippen LogP contribution >= 0.6 is 34.7 Å². The first-order valence-corrected chi connectivity index (χ1v) is 8.46. The number of benzene rings is 2. The fraction of sp³-hybridized carbons (Fsp3) is 0.0667. The molecule has 0 atom stereocenters. The van der Waals surface area contributed by atoms with Gasteiger partial charge in [0.25, 0.3) is 0 Å². The van der Waals surface area contributed by atoms with Crippen LogP contribution in [0.5, 0.6) is 0 Å². The molecule has 0 saturated carbocycles. The summed E-state index contributed by atoms with van der Waals surface area (Å²) < 4.78 is 1.07. The molecule has 3 aromatic rings. The van der Waals surface area contributed by atoms with Gasteiger partial charge in [-0.3, -0.25) is 4.79 Å². The molecule has 0 unspecified atom stereocenters. The number of halogens is 1. The Balaban J connectivity index is 1.59. The molecule has 1 aromatic heterocycles. The largest absolute Gasteiger partial charge is 0.325 e. The molecule has 106 valence electrons. The van der Waals surface area contributed by atoms with Crippen LogP contribution in [0.25, 0.3) is 10.2 Å². The summed E-state index contributed by atoms with van der Waals surface area (Å²) in [5.41, 5.74) is 3.55. The van der Waals surface area contributed by atoms with Crippen molar-refractivity contribution in [3.8, 4) is 0 Å². The van der Waals surface area contributed by atoms with Gasteiger partial charge in [0.1, 0.15) is 0 Å². The monoisotopic (exact) mass is 334 g/mol. The number of fused-ring (bicyclic) bond motifs is 1. The lowest BCUT2D eigenvalue weighted by atomic mass is 10.3. The van der Waals surface area contributed by atoms with Gasteiger partial charge in [0.05, 0.1) is 21.5 Å². The average Bonchev–Trinajstić information content (AvgIpc) is 2.94. The minimum atomic E-state index is -0.0289. The topological polar surface area (TPSA) is 42.0 Å². The van der Waals surface area contributed by atoms with Crippen LogP contribution in [-0.2, 0) is 4.79 Å². The van der Waals surface area contributed by atoms with Gasteiger partial charge in [-0.1, -0.05) is 11.6 Å². The Morgan fingerprint density at radius 2 is 2.05 bits per heavy atom. The van der Waals surface area contributed by atoms with Crippen LogP contribution in [0.15, 0.2) is 52.9 Å². The zero-order valence-corrected chi connectivity index (χ0v) is 13.3. The molecule has 0 saturated heterocycles. The van der Waals surface area contributed by atoms with E-state index in [2.05, 4.69) is 10.3 Å². The number of thioether (sulfide) groups is 1. The van der Waals surface area contributed by atoms with Gasteiger partial charge in [0.2, 0.25) is 5.91 Å². The first kappa shape index (κ1) is 14.4. The van der Waals surface area contributed by atoms with E-state index in [1.807, 2.05) is 42.5 Å². The standard InChI is InChI=1S/C15H11ClN2OS2/c16-10-1-4-12(5-2-10)20-8-15(19)18-11-3-6-13-14(7-11)21-9-17-13/h1-7,9H,8H2,(H,18,19). The first-order valence-electron chi connectivity index (χ1n) is 6.22. The Morgan fingerprint density at radius 1 is 1.24 bits per heavy atom. The maximum atomic E-state index is 12.0. The van der Waals surface area contributed by atoms with E-state index in [4.69, 9.17) is 11.6 Å². The minimum Gasteiger partial charge on any atom is -0.325 e. The molecule has 1 heterocycles. The molecule has 0 aliphatic rings.